The van der Waals surface area contributed by atoms with E-state index < -0.39 is 0 Å². The van der Waals surface area contributed by atoms with Crippen molar-refractivity contribution in [1.29, 1.82) is 0 Å². The summed E-state index contributed by atoms with van der Waals surface area (Å²) < 4.78 is 36.5. The molecule has 1 aliphatic rings. The number of phenolic OH excluding ortho intramolecular Hbond substituents is 2. The number of hydrogen-bond donors (Lipinski definition) is 2. The van der Waals surface area contributed by atoms with Gasteiger partial charge < -0.3 is 58.2 Å². The molecule has 74 heavy (non-hydrogen) atoms. The van der Waals surface area contributed by atoms with E-state index >= 15 is 0 Å². The van der Waals surface area contributed by atoms with Crippen LogP contribution < -0.4 is 0 Å². The minimum absolute atomic E-state index is 0.385. The Hall–Kier alpha value is -2.52. The van der Waals surface area contributed by atoms with Gasteiger partial charge in [0.1, 0.15) is 11.5 Å². The molecule has 0 saturated carbocycles. The van der Waals surface area contributed by atoms with Gasteiger partial charge in [0.05, 0.1) is 79.3 Å². The van der Waals surface area contributed by atoms with Crippen molar-refractivity contribution in [1.82, 2.24) is 39.2 Å². The van der Waals surface area contributed by atoms with Crippen LogP contribution in [-0.4, -0.2) is 260 Å². The Labute approximate surface area is 451 Å². The van der Waals surface area contributed by atoms with Gasteiger partial charge in [0, 0.05) is 127 Å². The summed E-state index contributed by atoms with van der Waals surface area (Å²) in [6.07, 6.45) is 0. The lowest BCUT2D eigenvalue weighted by atomic mass is 10.0. The molecule has 428 valence electrons. The van der Waals surface area contributed by atoms with Crippen LogP contribution in [0.4, 0.5) is 0 Å². The van der Waals surface area contributed by atoms with Gasteiger partial charge in [-0.15, -0.1) is 0 Å². The molecule has 0 aliphatic carbocycles. The van der Waals surface area contributed by atoms with E-state index in [1.54, 1.807) is 0 Å². The standard InChI is InChI=1S/C58H108N8O8/c1-11-59(12-2)19-23-63-27-31-69-35-39-73-40-36-71-33-29-65(25-21-61(15-5)16-6)49-55-45-52(10)46-56(58(55)68)50-66(26-22-62(17-7)18-8)30-34-72-38-42-74-41-37-70-32-28-64(24-20-60(13-3)14-4)48-54-44-51(9)43-53(47-63)57(54)67/h43-46,67-68H,11-42,47-50H2,1-10H3. The molecule has 0 aromatic heterocycles. The van der Waals surface area contributed by atoms with Crippen molar-refractivity contribution in [2.24, 2.45) is 0 Å². The molecule has 0 radical (unpaired) electrons. The summed E-state index contributed by atoms with van der Waals surface area (Å²) in [5.74, 6) is 0.771. The molecule has 16 heteroatoms. The zero-order chi connectivity index (χ0) is 53.8. The largest absolute Gasteiger partial charge is 0.507 e. The van der Waals surface area contributed by atoms with E-state index in [0.29, 0.717) is 117 Å². The van der Waals surface area contributed by atoms with Crippen molar-refractivity contribution in [2.45, 2.75) is 95.4 Å². The summed E-state index contributed by atoms with van der Waals surface area (Å²) in [4.78, 5) is 19.4. The molecule has 1 heterocycles. The number of fused-ring (bicyclic) bond motifs is 4. The number of likely N-dealkylation sites (N-methyl/N-ethyl adjacent to an activating group) is 4. The summed E-state index contributed by atoms with van der Waals surface area (Å²) in [7, 11) is 0. The summed E-state index contributed by atoms with van der Waals surface area (Å²) in [6.45, 7) is 49.2. The lowest BCUT2D eigenvalue weighted by Crippen LogP contribution is -2.37. The second kappa shape index (κ2) is 40.7. The zero-order valence-electron chi connectivity index (χ0n) is 48.7. The maximum atomic E-state index is 11.9. The number of phenols is 2. The summed E-state index contributed by atoms with van der Waals surface area (Å²) in [5.41, 5.74) is 6.11. The Balaban J connectivity index is 1.78. The lowest BCUT2D eigenvalue weighted by Gasteiger charge is -2.29. The molecule has 2 aromatic carbocycles. The molecular weight excluding hydrogens is 937 g/mol. The van der Waals surface area contributed by atoms with E-state index in [4.69, 9.17) is 28.4 Å². The molecule has 1 aliphatic heterocycles. The summed E-state index contributed by atoms with van der Waals surface area (Å²) in [6, 6.07) is 8.57. The molecule has 0 saturated heterocycles. The van der Waals surface area contributed by atoms with Crippen LogP contribution in [0.2, 0.25) is 0 Å². The SMILES string of the molecule is CCN(CC)CCN1CCOCCOCCOCCN(CCN(CC)CC)Cc2cc(C)cc(c2O)CN(CCN(CC)CC)CCOCCOCCOCCN(CCN(CC)CC)Cc2cc(C)cc(c2O)C1. The van der Waals surface area contributed by atoms with Crippen LogP contribution >= 0.6 is 0 Å². The molecule has 0 amide bonds. The predicted molar refractivity (Wildman–Crippen MR) is 303 cm³/mol. The first-order valence-corrected chi connectivity index (χ1v) is 28.9. The Kier molecular flexibility index (Phi) is 36.1. The second-order valence-corrected chi connectivity index (χ2v) is 19.7. The first-order chi connectivity index (χ1) is 36.0. The fourth-order valence-electron chi connectivity index (χ4n) is 9.54. The van der Waals surface area contributed by atoms with Crippen molar-refractivity contribution in [3.8, 4) is 11.5 Å². The lowest BCUT2D eigenvalue weighted by molar-refractivity contribution is 0.00563. The van der Waals surface area contributed by atoms with E-state index in [-0.39, 0.29) is 0 Å². The fourth-order valence-corrected chi connectivity index (χ4v) is 9.54. The van der Waals surface area contributed by atoms with Crippen molar-refractivity contribution < 1.29 is 38.6 Å². The van der Waals surface area contributed by atoms with E-state index in [1.165, 1.54) is 0 Å². The topological polar surface area (TPSA) is 122 Å². The van der Waals surface area contributed by atoms with Gasteiger partial charge in [-0.2, -0.15) is 0 Å². The normalized spacial score (nSPS) is 18.2. The van der Waals surface area contributed by atoms with Crippen molar-refractivity contribution in [3.05, 3.63) is 57.6 Å². The third kappa shape index (κ3) is 27.2. The van der Waals surface area contributed by atoms with Crippen molar-refractivity contribution in [3.63, 3.8) is 0 Å². The average Bonchev–Trinajstić information content (AvgIpc) is 3.39. The molecular formula is C58H108N8O8. The van der Waals surface area contributed by atoms with Crippen molar-refractivity contribution >= 4 is 0 Å². The zero-order valence-corrected chi connectivity index (χ0v) is 48.7. The van der Waals surface area contributed by atoms with E-state index in [1.807, 2.05) is 0 Å². The van der Waals surface area contributed by atoms with Gasteiger partial charge in [0.15, 0.2) is 0 Å². The highest BCUT2D eigenvalue weighted by Crippen LogP contribution is 2.29. The maximum Gasteiger partial charge on any atom is 0.124 e. The molecule has 0 spiro atoms. The van der Waals surface area contributed by atoms with E-state index in [9.17, 15) is 10.2 Å². The molecule has 0 fully saturated rings. The number of hydrogen-bond acceptors (Lipinski definition) is 16. The second-order valence-electron chi connectivity index (χ2n) is 19.7. The first-order valence-electron chi connectivity index (χ1n) is 28.9. The Morgan fingerprint density at radius 3 is 0.716 bits per heavy atom. The van der Waals surface area contributed by atoms with Crippen molar-refractivity contribution in [2.75, 3.05) is 210 Å². The monoisotopic (exact) mass is 1040 g/mol. The molecule has 0 unspecified atom stereocenters. The number of benzene rings is 2. The molecule has 2 N–H and O–H groups in total. The van der Waals surface area contributed by atoms with Crippen LogP contribution in [0.25, 0.3) is 0 Å². The minimum atomic E-state index is 0.385. The Bertz CT molecular complexity index is 1470. The van der Waals surface area contributed by atoms with Gasteiger partial charge in [-0.25, -0.2) is 0 Å². The van der Waals surface area contributed by atoms with Crippen LogP contribution in [0.5, 0.6) is 11.5 Å². The number of rotatable bonds is 20. The average molecular weight is 1050 g/mol. The van der Waals surface area contributed by atoms with Gasteiger partial charge in [0.2, 0.25) is 0 Å². The third-order valence-electron chi connectivity index (χ3n) is 14.6. The van der Waals surface area contributed by atoms with Crippen LogP contribution in [-0.2, 0) is 54.6 Å². The molecule has 16 nitrogen and oxygen atoms in total. The fraction of sp³-hybridized carbons (Fsp3) is 0.793. The van der Waals surface area contributed by atoms with Crippen LogP contribution in [0, 0.1) is 13.8 Å². The Morgan fingerprint density at radius 2 is 0.527 bits per heavy atom. The molecule has 0 atom stereocenters. The van der Waals surface area contributed by atoms with Gasteiger partial charge in [-0.1, -0.05) is 90.8 Å². The predicted octanol–water partition coefficient (Wildman–Crippen LogP) is 6.10. The number of nitrogens with zero attached hydrogens (tertiary/aromatic N) is 8. The number of aryl methyl sites for hydroxylation is 2. The smallest absolute Gasteiger partial charge is 0.124 e. The quantitative estimate of drug-likeness (QED) is 0.159. The molecule has 2 aromatic rings. The highest BCUT2D eigenvalue weighted by Gasteiger charge is 2.20. The third-order valence-corrected chi connectivity index (χ3v) is 14.6. The molecule has 3 rings (SSSR count). The number of aromatic hydroxyl groups is 2. The highest BCUT2D eigenvalue weighted by atomic mass is 16.5. The van der Waals surface area contributed by atoms with Crippen LogP contribution in [0.15, 0.2) is 24.3 Å². The summed E-state index contributed by atoms with van der Waals surface area (Å²) >= 11 is 0. The molecule has 4 bridgehead atoms. The highest BCUT2D eigenvalue weighted by molar-refractivity contribution is 5.44. The van der Waals surface area contributed by atoms with Gasteiger partial charge >= 0.3 is 0 Å². The number of ether oxygens (including phenoxy) is 6. The van der Waals surface area contributed by atoms with Gasteiger partial charge in [-0.3, -0.25) is 19.6 Å². The first kappa shape index (κ1) is 65.8. The minimum Gasteiger partial charge on any atom is -0.507 e. The van der Waals surface area contributed by atoms with Gasteiger partial charge in [-0.05, 0) is 66.2 Å². The van der Waals surface area contributed by atoms with E-state index in [2.05, 4.69) is 133 Å². The Morgan fingerprint density at radius 1 is 0.338 bits per heavy atom. The van der Waals surface area contributed by atoms with Gasteiger partial charge in [0.25, 0.3) is 0 Å². The maximum absolute atomic E-state index is 11.9. The van der Waals surface area contributed by atoms with E-state index in [0.717, 1.165) is 164 Å². The summed E-state index contributed by atoms with van der Waals surface area (Å²) in [5, 5.41) is 23.8. The van der Waals surface area contributed by atoms with Crippen LogP contribution in [0.1, 0.15) is 88.8 Å². The van der Waals surface area contributed by atoms with Crippen LogP contribution in [0.3, 0.4) is 0 Å².